The monoisotopic (exact) mass is 542 g/mol. The van der Waals surface area contributed by atoms with Gasteiger partial charge in [-0.3, -0.25) is 14.9 Å². The zero-order chi connectivity index (χ0) is 27.2. The number of aryl methyl sites for hydroxylation is 1. The molecule has 0 aliphatic heterocycles. The summed E-state index contributed by atoms with van der Waals surface area (Å²) in [6.45, 7) is 2.14. The number of rotatable bonds is 10. The van der Waals surface area contributed by atoms with E-state index in [0.29, 0.717) is 21.6 Å². The summed E-state index contributed by atoms with van der Waals surface area (Å²) in [5, 5.41) is 28.9. The van der Waals surface area contributed by atoms with Crippen LogP contribution in [0.3, 0.4) is 0 Å². The van der Waals surface area contributed by atoms with Crippen molar-refractivity contribution in [3.63, 3.8) is 0 Å². The highest BCUT2D eigenvalue weighted by atomic mass is 32.2. The number of amides is 1. The van der Waals surface area contributed by atoms with Crippen LogP contribution in [0.1, 0.15) is 30.1 Å². The molecular weight excluding hydrogens is 520 g/mol. The van der Waals surface area contributed by atoms with Crippen molar-refractivity contribution in [1.82, 2.24) is 8.87 Å². The molecule has 0 atom stereocenters. The van der Waals surface area contributed by atoms with Crippen LogP contribution in [0.25, 0.3) is 10.2 Å². The van der Waals surface area contributed by atoms with Crippen molar-refractivity contribution in [1.29, 1.82) is 10.5 Å². The van der Waals surface area contributed by atoms with Crippen molar-refractivity contribution in [2.24, 2.45) is 4.99 Å². The van der Waals surface area contributed by atoms with Gasteiger partial charge in [0.1, 0.15) is 5.52 Å². The first-order valence-electron chi connectivity index (χ1n) is 11.0. The Bertz CT molecular complexity index is 1580. The first-order chi connectivity index (χ1) is 17.7. The summed E-state index contributed by atoms with van der Waals surface area (Å²) < 4.78 is 34.6. The molecule has 0 spiro atoms. The number of hydrogen-bond donors (Lipinski definition) is 0. The summed E-state index contributed by atoms with van der Waals surface area (Å²) >= 11 is 1.09. The van der Waals surface area contributed by atoms with Gasteiger partial charge < -0.3 is 9.30 Å². The van der Waals surface area contributed by atoms with Crippen molar-refractivity contribution in [2.45, 2.75) is 31.2 Å². The second-order valence-electron chi connectivity index (χ2n) is 7.54. The minimum absolute atomic E-state index is 0.0271. The second kappa shape index (κ2) is 11.7. The van der Waals surface area contributed by atoms with E-state index in [1.807, 2.05) is 19.1 Å². The molecule has 3 aromatic rings. The lowest BCUT2D eigenvalue weighted by atomic mass is 10.2. The van der Waals surface area contributed by atoms with Gasteiger partial charge in [-0.15, -0.1) is 0 Å². The van der Waals surface area contributed by atoms with Crippen LogP contribution in [-0.4, -0.2) is 48.3 Å². The molecular formula is C23H22N6O6S2. The number of non-ortho nitro benzene ring substituents is 1. The summed E-state index contributed by atoms with van der Waals surface area (Å²) in [5.41, 5.74) is 0.558. The van der Waals surface area contributed by atoms with Crippen molar-refractivity contribution in [2.75, 3.05) is 20.2 Å². The number of methoxy groups -OCH3 is 1. The van der Waals surface area contributed by atoms with E-state index in [1.54, 1.807) is 4.57 Å². The first kappa shape index (κ1) is 27.5. The molecule has 1 heterocycles. The molecule has 1 aromatic heterocycles. The maximum atomic E-state index is 13.0. The van der Waals surface area contributed by atoms with Crippen LogP contribution in [0.15, 0.2) is 46.3 Å². The third-order valence-corrected chi connectivity index (χ3v) is 8.29. The van der Waals surface area contributed by atoms with Crippen molar-refractivity contribution >= 4 is 43.2 Å². The zero-order valence-electron chi connectivity index (χ0n) is 19.9. The maximum absolute atomic E-state index is 13.0. The number of aromatic nitrogens is 1. The van der Waals surface area contributed by atoms with E-state index in [-0.39, 0.29) is 47.8 Å². The number of thiazole rings is 1. The Hall–Kier alpha value is -4.11. The number of carbonyl (C=O) groups is 1. The largest absolute Gasteiger partial charge is 0.494 e. The third-order valence-electron chi connectivity index (χ3n) is 5.36. The predicted octanol–water partition coefficient (Wildman–Crippen LogP) is 3.20. The molecule has 14 heteroatoms. The van der Waals surface area contributed by atoms with Crippen LogP contribution >= 0.6 is 11.3 Å². The number of nitrogens with zero attached hydrogens (tertiary/aromatic N) is 6. The second-order valence-corrected chi connectivity index (χ2v) is 10.5. The highest BCUT2D eigenvalue weighted by Crippen LogP contribution is 2.32. The van der Waals surface area contributed by atoms with E-state index < -0.39 is 20.9 Å². The number of nitriles is 2. The SMILES string of the molecule is CCn1c(=NC(=O)c2ccc(S(=O)(=O)N(CCC#N)CCC#N)cc2)sc2cc([N+](=O)[O-])cc(OC)c21. The summed E-state index contributed by atoms with van der Waals surface area (Å²) in [4.78, 5) is 28.1. The lowest BCUT2D eigenvalue weighted by Gasteiger charge is -2.20. The molecule has 0 saturated heterocycles. The van der Waals surface area contributed by atoms with Gasteiger partial charge in [0.05, 0.1) is 39.8 Å². The van der Waals surface area contributed by atoms with E-state index >= 15 is 0 Å². The fourth-order valence-electron chi connectivity index (χ4n) is 3.57. The number of hydrogen-bond acceptors (Lipinski definition) is 9. The number of nitro benzene ring substituents is 1. The summed E-state index contributed by atoms with van der Waals surface area (Å²) in [6, 6.07) is 11.7. The van der Waals surface area contributed by atoms with Gasteiger partial charge in [0.25, 0.3) is 11.6 Å². The normalized spacial score (nSPS) is 11.9. The molecule has 0 radical (unpaired) electrons. The van der Waals surface area contributed by atoms with E-state index in [0.717, 1.165) is 15.6 Å². The Morgan fingerprint density at radius 1 is 1.19 bits per heavy atom. The Labute approximate surface area is 216 Å². The quantitative estimate of drug-likeness (QED) is 0.277. The standard InChI is InChI=1S/C23H22N6O6S2/c1-3-28-21-19(35-2)14-17(29(31)32)15-20(21)36-23(28)26-22(30)16-6-8-18(9-7-16)37(33,34)27(12-4-10-24)13-5-11-25/h6-9,14-15H,3-5,12-13H2,1-2H3. The number of ether oxygens (including phenoxy) is 1. The number of sulfonamides is 1. The molecule has 3 rings (SSSR count). The molecule has 0 N–H and O–H groups in total. The third kappa shape index (κ3) is 5.83. The number of nitro groups is 1. The van der Waals surface area contributed by atoms with Gasteiger partial charge in [-0.05, 0) is 31.2 Å². The van der Waals surface area contributed by atoms with Gasteiger partial charge in [0, 0.05) is 44.1 Å². The Kier molecular flexibility index (Phi) is 8.73. The van der Waals surface area contributed by atoms with Gasteiger partial charge >= 0.3 is 0 Å². The maximum Gasteiger partial charge on any atom is 0.279 e. The molecule has 12 nitrogen and oxygen atoms in total. The van der Waals surface area contributed by atoms with Gasteiger partial charge in [-0.2, -0.15) is 19.8 Å². The molecule has 37 heavy (non-hydrogen) atoms. The van der Waals surface area contributed by atoms with Crippen molar-refractivity contribution in [3.05, 3.63) is 56.9 Å². The Morgan fingerprint density at radius 2 is 1.81 bits per heavy atom. The first-order valence-corrected chi connectivity index (χ1v) is 13.2. The minimum atomic E-state index is -3.98. The van der Waals surface area contributed by atoms with Crippen LogP contribution in [0.5, 0.6) is 5.75 Å². The van der Waals surface area contributed by atoms with Crippen LogP contribution < -0.4 is 9.54 Å². The molecule has 0 bridgehead atoms. The fraction of sp³-hybridized carbons (Fsp3) is 0.304. The van der Waals surface area contributed by atoms with Crippen molar-refractivity contribution < 1.29 is 22.9 Å². The number of carbonyl (C=O) groups excluding carboxylic acids is 1. The predicted molar refractivity (Wildman–Crippen MR) is 134 cm³/mol. The van der Waals surface area contributed by atoms with Gasteiger partial charge in [-0.25, -0.2) is 8.42 Å². The summed E-state index contributed by atoms with van der Waals surface area (Å²) in [7, 11) is -2.58. The van der Waals surface area contributed by atoms with Gasteiger partial charge in [-0.1, -0.05) is 11.3 Å². The Morgan fingerprint density at radius 3 is 2.32 bits per heavy atom. The molecule has 192 valence electrons. The summed E-state index contributed by atoms with van der Waals surface area (Å²) in [5.74, 6) is -0.347. The van der Waals surface area contributed by atoms with Crippen molar-refractivity contribution in [3.8, 4) is 17.9 Å². The topological polar surface area (TPSA) is 172 Å². The molecule has 0 aliphatic rings. The summed E-state index contributed by atoms with van der Waals surface area (Å²) in [6.07, 6.45) is -0.0543. The number of fused-ring (bicyclic) bond motifs is 1. The smallest absolute Gasteiger partial charge is 0.279 e. The van der Waals surface area contributed by atoms with Gasteiger partial charge in [0.15, 0.2) is 10.6 Å². The molecule has 2 aromatic carbocycles. The highest BCUT2D eigenvalue weighted by molar-refractivity contribution is 7.89. The van der Waals surface area contributed by atoms with E-state index in [1.165, 1.54) is 43.5 Å². The number of benzene rings is 2. The minimum Gasteiger partial charge on any atom is -0.494 e. The van der Waals surface area contributed by atoms with Crippen LogP contribution in [0.2, 0.25) is 0 Å². The van der Waals surface area contributed by atoms with E-state index in [9.17, 15) is 23.3 Å². The average molecular weight is 543 g/mol. The highest BCUT2D eigenvalue weighted by Gasteiger charge is 2.24. The lowest BCUT2D eigenvalue weighted by Crippen LogP contribution is -2.32. The zero-order valence-corrected chi connectivity index (χ0v) is 21.6. The molecule has 0 saturated carbocycles. The van der Waals surface area contributed by atoms with E-state index in [2.05, 4.69) is 4.99 Å². The van der Waals surface area contributed by atoms with Gasteiger partial charge in [0.2, 0.25) is 10.0 Å². The molecule has 0 unspecified atom stereocenters. The van der Waals surface area contributed by atoms with Crippen LogP contribution in [0, 0.1) is 32.8 Å². The molecule has 1 amide bonds. The van der Waals surface area contributed by atoms with Crippen LogP contribution in [-0.2, 0) is 16.6 Å². The molecule has 0 aliphatic carbocycles. The Balaban J connectivity index is 1.99. The molecule has 0 fully saturated rings. The van der Waals surface area contributed by atoms with E-state index in [4.69, 9.17) is 15.3 Å². The van der Waals surface area contributed by atoms with Crippen LogP contribution in [0.4, 0.5) is 5.69 Å². The average Bonchev–Trinajstić information content (AvgIpc) is 3.24. The lowest BCUT2D eigenvalue weighted by molar-refractivity contribution is -0.384. The fourth-order valence-corrected chi connectivity index (χ4v) is 6.15.